The molecule has 1 N–H and O–H groups in total. The minimum Gasteiger partial charge on any atom is -0.497 e. The van der Waals surface area contributed by atoms with Gasteiger partial charge in [0.1, 0.15) is 11.3 Å². The minimum absolute atomic E-state index is 0.00623. The van der Waals surface area contributed by atoms with E-state index in [9.17, 15) is 9.59 Å². The molecule has 1 aromatic heterocycles. The Morgan fingerprint density at radius 3 is 2.09 bits per heavy atom. The van der Waals surface area contributed by atoms with Crippen molar-refractivity contribution in [3.63, 3.8) is 0 Å². The first-order chi connectivity index (χ1) is 15.3. The smallest absolute Gasteiger partial charge is 0.255 e. The molecule has 3 aromatic carbocycles. The van der Waals surface area contributed by atoms with Gasteiger partial charge < -0.3 is 14.5 Å². The normalized spacial score (nSPS) is 11.4. The van der Waals surface area contributed by atoms with Crippen molar-refractivity contribution in [1.82, 2.24) is 0 Å². The Morgan fingerprint density at radius 2 is 1.47 bits per heavy atom. The van der Waals surface area contributed by atoms with E-state index < -0.39 is 0 Å². The zero-order valence-corrected chi connectivity index (χ0v) is 18.6. The number of amides is 1. The van der Waals surface area contributed by atoms with Crippen molar-refractivity contribution in [2.45, 2.75) is 26.2 Å². The number of rotatable bonds is 5. The van der Waals surface area contributed by atoms with E-state index in [2.05, 4.69) is 26.1 Å². The van der Waals surface area contributed by atoms with Crippen LogP contribution < -0.4 is 10.1 Å². The highest BCUT2D eigenvalue weighted by atomic mass is 16.5. The summed E-state index contributed by atoms with van der Waals surface area (Å²) in [4.78, 5) is 26.3. The van der Waals surface area contributed by atoms with Gasteiger partial charge in [-0.1, -0.05) is 45.0 Å². The first-order valence-corrected chi connectivity index (χ1v) is 10.4. The quantitative estimate of drug-likeness (QED) is 0.384. The first kappa shape index (κ1) is 21.4. The second-order valence-electron chi connectivity index (χ2n) is 8.64. The van der Waals surface area contributed by atoms with Gasteiger partial charge in [-0.05, 0) is 59.5 Å². The molecule has 0 spiro atoms. The van der Waals surface area contributed by atoms with Gasteiger partial charge in [0, 0.05) is 16.5 Å². The van der Waals surface area contributed by atoms with Gasteiger partial charge >= 0.3 is 0 Å². The molecule has 0 aliphatic rings. The van der Waals surface area contributed by atoms with E-state index in [1.54, 1.807) is 49.6 Å². The molecular formula is C27H25NO4. The highest BCUT2D eigenvalue weighted by Gasteiger charge is 2.24. The third kappa shape index (κ3) is 4.14. The highest BCUT2D eigenvalue weighted by Crippen LogP contribution is 2.33. The molecule has 0 saturated heterocycles. The van der Waals surface area contributed by atoms with Gasteiger partial charge in [0.05, 0.1) is 12.8 Å². The zero-order valence-electron chi connectivity index (χ0n) is 18.6. The third-order valence-corrected chi connectivity index (χ3v) is 5.41. The van der Waals surface area contributed by atoms with Gasteiger partial charge in [0.25, 0.3) is 5.91 Å². The van der Waals surface area contributed by atoms with E-state index in [1.807, 2.05) is 30.3 Å². The molecule has 0 saturated carbocycles. The van der Waals surface area contributed by atoms with Crippen LogP contribution in [-0.2, 0) is 5.41 Å². The molecule has 0 bridgehead atoms. The van der Waals surface area contributed by atoms with Crippen molar-refractivity contribution < 1.29 is 18.7 Å². The van der Waals surface area contributed by atoms with Gasteiger partial charge in [-0.25, -0.2) is 0 Å². The maximum absolute atomic E-state index is 13.2. The van der Waals surface area contributed by atoms with Crippen molar-refractivity contribution in [3.8, 4) is 5.75 Å². The molecule has 1 heterocycles. The fourth-order valence-corrected chi connectivity index (χ4v) is 3.51. The largest absolute Gasteiger partial charge is 0.497 e. The number of anilines is 1. The van der Waals surface area contributed by atoms with E-state index >= 15 is 0 Å². The van der Waals surface area contributed by atoms with Crippen LogP contribution in [0.4, 0.5) is 5.69 Å². The fraction of sp³-hybridized carbons (Fsp3) is 0.185. The molecule has 5 heteroatoms. The number of fused-ring (bicyclic) bond motifs is 1. The molecule has 0 aliphatic heterocycles. The van der Waals surface area contributed by atoms with Crippen LogP contribution in [-0.4, -0.2) is 18.8 Å². The van der Waals surface area contributed by atoms with Crippen LogP contribution in [0.1, 0.15) is 52.8 Å². The summed E-state index contributed by atoms with van der Waals surface area (Å²) in [7, 11) is 1.57. The lowest BCUT2D eigenvalue weighted by Gasteiger charge is -2.19. The predicted octanol–water partition coefficient (Wildman–Crippen LogP) is 6.22. The summed E-state index contributed by atoms with van der Waals surface area (Å²) >= 11 is 0. The fourth-order valence-electron chi connectivity index (χ4n) is 3.51. The number of ether oxygens (including phenoxy) is 1. The van der Waals surface area contributed by atoms with E-state index in [0.29, 0.717) is 33.5 Å². The molecular weight excluding hydrogens is 402 g/mol. The van der Waals surface area contributed by atoms with Gasteiger partial charge in [-0.3, -0.25) is 9.59 Å². The zero-order chi connectivity index (χ0) is 22.9. The summed E-state index contributed by atoms with van der Waals surface area (Å²) in [5.74, 6) is 0.123. The summed E-state index contributed by atoms with van der Waals surface area (Å²) in [6, 6.07) is 21.5. The molecule has 0 unspecified atom stereocenters. The Morgan fingerprint density at radius 1 is 0.844 bits per heavy atom. The van der Waals surface area contributed by atoms with Crippen LogP contribution in [0.2, 0.25) is 0 Å². The van der Waals surface area contributed by atoms with E-state index in [0.717, 1.165) is 5.56 Å². The number of carbonyl (C=O) groups excluding carboxylic acids is 2. The number of methoxy groups -OCH3 is 1. The third-order valence-electron chi connectivity index (χ3n) is 5.41. The summed E-state index contributed by atoms with van der Waals surface area (Å²) in [5.41, 5.74) is 2.97. The lowest BCUT2D eigenvalue weighted by molar-refractivity contribution is 0.101. The molecule has 1 amide bonds. The molecule has 5 nitrogen and oxygen atoms in total. The molecule has 0 fully saturated rings. The van der Waals surface area contributed by atoms with Crippen molar-refractivity contribution >= 4 is 28.3 Å². The maximum atomic E-state index is 13.2. The van der Waals surface area contributed by atoms with E-state index in [-0.39, 0.29) is 22.9 Å². The Bertz CT molecular complexity index is 1280. The topological polar surface area (TPSA) is 68.5 Å². The van der Waals surface area contributed by atoms with Gasteiger partial charge in [-0.15, -0.1) is 0 Å². The van der Waals surface area contributed by atoms with Crippen molar-refractivity contribution in [1.29, 1.82) is 0 Å². The minimum atomic E-state index is -0.317. The van der Waals surface area contributed by atoms with Crippen LogP contribution in [0.3, 0.4) is 0 Å². The van der Waals surface area contributed by atoms with Gasteiger partial charge in [0.15, 0.2) is 5.76 Å². The molecule has 32 heavy (non-hydrogen) atoms. The highest BCUT2D eigenvalue weighted by molar-refractivity contribution is 6.18. The number of para-hydroxylation sites is 1. The molecule has 0 aliphatic carbocycles. The average Bonchev–Trinajstić information content (AvgIpc) is 3.16. The maximum Gasteiger partial charge on any atom is 0.255 e. The molecule has 0 atom stereocenters. The summed E-state index contributed by atoms with van der Waals surface area (Å²) in [6.45, 7) is 6.37. The standard InChI is InChI=1S/C27H25NO4/c1-27(2,3)19-13-9-18(10-14-19)26(30)28-23-21-7-5-6-8-22(21)32-25(23)24(29)17-11-15-20(31-4)16-12-17/h5-16H,1-4H3,(H,28,30). The SMILES string of the molecule is COc1ccc(C(=O)c2oc3ccccc3c2NC(=O)c2ccc(C(C)(C)C)cc2)cc1. The molecule has 4 aromatic rings. The summed E-state index contributed by atoms with van der Waals surface area (Å²) < 4.78 is 11.0. The van der Waals surface area contributed by atoms with Gasteiger partial charge in [-0.2, -0.15) is 0 Å². The van der Waals surface area contributed by atoms with Gasteiger partial charge in [0.2, 0.25) is 5.78 Å². The van der Waals surface area contributed by atoms with E-state index in [4.69, 9.17) is 9.15 Å². The van der Waals surface area contributed by atoms with Crippen molar-refractivity contribution in [2.75, 3.05) is 12.4 Å². The van der Waals surface area contributed by atoms with Crippen LogP contribution >= 0.6 is 0 Å². The monoisotopic (exact) mass is 427 g/mol. The Balaban J connectivity index is 1.70. The Hall–Kier alpha value is -3.86. The van der Waals surface area contributed by atoms with Crippen LogP contribution in [0.15, 0.2) is 77.2 Å². The van der Waals surface area contributed by atoms with Crippen molar-refractivity contribution in [3.05, 3.63) is 95.2 Å². The Kier molecular flexibility index (Phi) is 5.57. The number of hydrogen-bond acceptors (Lipinski definition) is 4. The average molecular weight is 428 g/mol. The number of carbonyl (C=O) groups is 2. The van der Waals surface area contributed by atoms with Crippen molar-refractivity contribution in [2.24, 2.45) is 0 Å². The van der Waals surface area contributed by atoms with E-state index in [1.165, 1.54) is 0 Å². The summed E-state index contributed by atoms with van der Waals surface area (Å²) in [5, 5.41) is 3.57. The number of nitrogens with one attached hydrogen (secondary N) is 1. The molecule has 4 rings (SSSR count). The van der Waals surface area contributed by atoms with Crippen LogP contribution in [0.25, 0.3) is 11.0 Å². The second kappa shape index (κ2) is 8.35. The number of ketones is 1. The predicted molar refractivity (Wildman–Crippen MR) is 126 cm³/mol. The lowest BCUT2D eigenvalue weighted by atomic mass is 9.86. The Labute approximate surface area is 187 Å². The molecule has 162 valence electrons. The molecule has 0 radical (unpaired) electrons. The second-order valence-corrected chi connectivity index (χ2v) is 8.64. The summed E-state index contributed by atoms with van der Waals surface area (Å²) in [6.07, 6.45) is 0. The lowest BCUT2D eigenvalue weighted by Crippen LogP contribution is -2.15. The number of hydrogen-bond donors (Lipinski definition) is 1. The number of furan rings is 1. The number of benzene rings is 3. The van der Waals surface area contributed by atoms with Crippen LogP contribution in [0.5, 0.6) is 5.75 Å². The van der Waals surface area contributed by atoms with Crippen LogP contribution in [0, 0.1) is 0 Å². The first-order valence-electron chi connectivity index (χ1n) is 10.4.